The van der Waals surface area contributed by atoms with Crippen molar-refractivity contribution in [3.63, 3.8) is 0 Å². The van der Waals surface area contributed by atoms with Crippen molar-refractivity contribution in [2.75, 3.05) is 20.3 Å². The fourth-order valence-corrected chi connectivity index (χ4v) is 2.72. The molecule has 0 aliphatic heterocycles. The fraction of sp³-hybridized carbons (Fsp3) is 0.625. The normalized spacial score (nSPS) is 27.2. The number of likely N-dealkylation sites (N-methyl/N-ethyl adjacent to an activating group) is 1. The molecule has 3 heteroatoms. The summed E-state index contributed by atoms with van der Waals surface area (Å²) in [6.45, 7) is 3.58. The highest BCUT2D eigenvalue weighted by Gasteiger charge is 2.27. The van der Waals surface area contributed by atoms with Crippen LogP contribution in [0.15, 0.2) is 30.3 Å². The molecule has 106 valence electrons. The van der Waals surface area contributed by atoms with Gasteiger partial charge in [0, 0.05) is 6.04 Å². The van der Waals surface area contributed by atoms with E-state index in [4.69, 9.17) is 9.47 Å². The molecule has 1 fully saturated rings. The van der Waals surface area contributed by atoms with Gasteiger partial charge in [-0.15, -0.1) is 0 Å². The summed E-state index contributed by atoms with van der Waals surface area (Å²) in [5.74, 6) is 1.68. The highest BCUT2D eigenvalue weighted by atomic mass is 16.5. The third-order valence-corrected chi connectivity index (χ3v) is 3.85. The average Bonchev–Trinajstić information content (AvgIpc) is 2.45. The van der Waals surface area contributed by atoms with Crippen LogP contribution in [0.5, 0.6) is 5.75 Å². The first-order chi connectivity index (χ1) is 9.29. The van der Waals surface area contributed by atoms with Crippen molar-refractivity contribution in [3.05, 3.63) is 30.3 Å². The molecule has 3 unspecified atom stereocenters. The minimum atomic E-state index is 0.327. The summed E-state index contributed by atoms with van der Waals surface area (Å²) in [5.41, 5.74) is 0. The second-order valence-electron chi connectivity index (χ2n) is 5.38. The van der Waals surface area contributed by atoms with Crippen LogP contribution in [-0.2, 0) is 4.74 Å². The molecule has 0 saturated heterocycles. The molecule has 1 aliphatic carbocycles. The maximum Gasteiger partial charge on any atom is 0.119 e. The number of ether oxygens (including phenoxy) is 2. The summed E-state index contributed by atoms with van der Waals surface area (Å²) >= 11 is 0. The molecule has 19 heavy (non-hydrogen) atoms. The van der Waals surface area contributed by atoms with Gasteiger partial charge in [0.15, 0.2) is 0 Å². The number of hydrogen-bond acceptors (Lipinski definition) is 3. The van der Waals surface area contributed by atoms with Gasteiger partial charge in [0.05, 0.1) is 12.7 Å². The van der Waals surface area contributed by atoms with Gasteiger partial charge in [0.1, 0.15) is 12.4 Å². The van der Waals surface area contributed by atoms with Crippen LogP contribution in [-0.4, -0.2) is 32.4 Å². The quantitative estimate of drug-likeness (QED) is 0.801. The molecule has 0 amide bonds. The molecule has 0 bridgehead atoms. The van der Waals surface area contributed by atoms with Crippen LogP contribution in [0, 0.1) is 5.92 Å². The standard InChI is InChI=1S/C16H25NO2/c1-13-8-9-15(17-2)16(12-13)19-11-10-18-14-6-4-3-5-7-14/h3-7,13,15-17H,8-12H2,1-2H3. The topological polar surface area (TPSA) is 30.5 Å². The van der Waals surface area contributed by atoms with Gasteiger partial charge in [-0.25, -0.2) is 0 Å². The van der Waals surface area contributed by atoms with Gasteiger partial charge in [-0.1, -0.05) is 25.1 Å². The van der Waals surface area contributed by atoms with Crippen molar-refractivity contribution < 1.29 is 9.47 Å². The van der Waals surface area contributed by atoms with E-state index in [1.54, 1.807) is 0 Å². The van der Waals surface area contributed by atoms with Gasteiger partial charge in [0.2, 0.25) is 0 Å². The van der Waals surface area contributed by atoms with Gasteiger partial charge in [-0.3, -0.25) is 0 Å². The Hall–Kier alpha value is -1.06. The van der Waals surface area contributed by atoms with Crippen molar-refractivity contribution in [2.45, 2.75) is 38.3 Å². The van der Waals surface area contributed by atoms with Gasteiger partial charge in [-0.2, -0.15) is 0 Å². The molecule has 1 N–H and O–H groups in total. The smallest absolute Gasteiger partial charge is 0.119 e. The van der Waals surface area contributed by atoms with Crippen molar-refractivity contribution in [1.29, 1.82) is 0 Å². The Labute approximate surface area is 116 Å². The summed E-state index contributed by atoms with van der Waals surface area (Å²) in [6, 6.07) is 10.4. The average molecular weight is 263 g/mol. The first-order valence-corrected chi connectivity index (χ1v) is 7.26. The van der Waals surface area contributed by atoms with Crippen molar-refractivity contribution in [3.8, 4) is 5.75 Å². The number of hydrogen-bond donors (Lipinski definition) is 1. The number of para-hydroxylation sites is 1. The highest BCUT2D eigenvalue weighted by molar-refractivity contribution is 5.20. The Morgan fingerprint density at radius 1 is 1.16 bits per heavy atom. The summed E-state index contributed by atoms with van der Waals surface area (Å²) in [6.07, 6.45) is 3.98. The SMILES string of the molecule is CNC1CCC(C)CC1OCCOc1ccccc1. The molecule has 1 aliphatic rings. The first-order valence-electron chi connectivity index (χ1n) is 7.26. The molecule has 1 saturated carbocycles. The maximum absolute atomic E-state index is 5.99. The van der Waals surface area contributed by atoms with E-state index < -0.39 is 0 Å². The number of nitrogens with one attached hydrogen (secondary N) is 1. The van der Waals surface area contributed by atoms with Crippen LogP contribution in [0.2, 0.25) is 0 Å². The zero-order chi connectivity index (χ0) is 13.5. The lowest BCUT2D eigenvalue weighted by Crippen LogP contribution is -2.44. The predicted molar refractivity (Wildman–Crippen MR) is 77.5 cm³/mol. The Balaban J connectivity index is 1.69. The van der Waals surface area contributed by atoms with E-state index in [1.807, 2.05) is 37.4 Å². The van der Waals surface area contributed by atoms with E-state index in [0.29, 0.717) is 25.4 Å². The fourth-order valence-electron chi connectivity index (χ4n) is 2.72. The van der Waals surface area contributed by atoms with E-state index in [9.17, 15) is 0 Å². The maximum atomic E-state index is 5.99. The minimum absolute atomic E-state index is 0.327. The number of rotatable bonds is 6. The molecule has 0 heterocycles. The van der Waals surface area contributed by atoms with Crippen LogP contribution in [0.4, 0.5) is 0 Å². The number of benzene rings is 1. The van der Waals surface area contributed by atoms with E-state index in [1.165, 1.54) is 12.8 Å². The second kappa shape index (κ2) is 7.51. The van der Waals surface area contributed by atoms with Gasteiger partial charge in [-0.05, 0) is 44.4 Å². The lowest BCUT2D eigenvalue weighted by molar-refractivity contribution is -0.0168. The third kappa shape index (κ3) is 4.51. The molecule has 3 atom stereocenters. The Bertz CT molecular complexity index is 355. The Kier molecular flexibility index (Phi) is 5.67. The molecule has 3 nitrogen and oxygen atoms in total. The van der Waals surface area contributed by atoms with Crippen molar-refractivity contribution in [1.82, 2.24) is 5.32 Å². The first kappa shape index (κ1) is 14.4. The minimum Gasteiger partial charge on any atom is -0.491 e. The van der Waals surface area contributed by atoms with Gasteiger partial charge in [0.25, 0.3) is 0 Å². The summed E-state index contributed by atoms with van der Waals surface area (Å²) < 4.78 is 11.6. The molecule has 1 aromatic carbocycles. The molecular weight excluding hydrogens is 238 g/mol. The summed E-state index contributed by atoms with van der Waals surface area (Å²) in [5, 5.41) is 3.37. The Morgan fingerprint density at radius 3 is 2.68 bits per heavy atom. The molecule has 0 aromatic heterocycles. The molecule has 1 aromatic rings. The monoisotopic (exact) mass is 263 g/mol. The van der Waals surface area contributed by atoms with Crippen LogP contribution in [0.3, 0.4) is 0 Å². The van der Waals surface area contributed by atoms with Crippen LogP contribution in [0.1, 0.15) is 26.2 Å². The van der Waals surface area contributed by atoms with E-state index in [-0.39, 0.29) is 0 Å². The zero-order valence-corrected chi connectivity index (χ0v) is 12.0. The van der Waals surface area contributed by atoms with E-state index in [0.717, 1.165) is 18.1 Å². The van der Waals surface area contributed by atoms with Crippen LogP contribution >= 0.6 is 0 Å². The molecule has 0 radical (unpaired) electrons. The van der Waals surface area contributed by atoms with Gasteiger partial charge < -0.3 is 14.8 Å². The highest BCUT2D eigenvalue weighted by Crippen LogP contribution is 2.26. The lowest BCUT2D eigenvalue weighted by atomic mass is 9.85. The largest absolute Gasteiger partial charge is 0.491 e. The lowest BCUT2D eigenvalue weighted by Gasteiger charge is -2.34. The Morgan fingerprint density at radius 2 is 1.95 bits per heavy atom. The molecular formula is C16H25NO2. The van der Waals surface area contributed by atoms with E-state index >= 15 is 0 Å². The van der Waals surface area contributed by atoms with Gasteiger partial charge >= 0.3 is 0 Å². The summed E-state index contributed by atoms with van der Waals surface area (Å²) in [4.78, 5) is 0. The van der Waals surface area contributed by atoms with Crippen molar-refractivity contribution >= 4 is 0 Å². The van der Waals surface area contributed by atoms with Crippen molar-refractivity contribution in [2.24, 2.45) is 5.92 Å². The third-order valence-electron chi connectivity index (χ3n) is 3.85. The molecule has 2 rings (SSSR count). The predicted octanol–water partition coefficient (Wildman–Crippen LogP) is 2.86. The second-order valence-corrected chi connectivity index (χ2v) is 5.38. The van der Waals surface area contributed by atoms with E-state index in [2.05, 4.69) is 12.2 Å². The van der Waals surface area contributed by atoms with Crippen LogP contribution < -0.4 is 10.1 Å². The molecule has 0 spiro atoms. The zero-order valence-electron chi connectivity index (χ0n) is 12.0. The summed E-state index contributed by atoms with van der Waals surface area (Å²) in [7, 11) is 2.03. The van der Waals surface area contributed by atoms with Crippen LogP contribution in [0.25, 0.3) is 0 Å².